The summed E-state index contributed by atoms with van der Waals surface area (Å²) in [5.74, 6) is -2.25. The molecule has 0 saturated carbocycles. The van der Waals surface area contributed by atoms with Gasteiger partial charge in [-0.15, -0.1) is 4.89 Å². The van der Waals surface area contributed by atoms with E-state index >= 15 is 0 Å². The quantitative estimate of drug-likeness (QED) is 0.122. The summed E-state index contributed by atoms with van der Waals surface area (Å²) in [6.07, 6.45) is -1.21. The molecule has 4 aromatic rings. The minimum atomic E-state index is -5.14. The summed E-state index contributed by atoms with van der Waals surface area (Å²) in [7, 11) is -7.28. The van der Waals surface area contributed by atoms with E-state index in [2.05, 4.69) is 29.9 Å². The van der Waals surface area contributed by atoms with Crippen LogP contribution < -0.4 is 11.5 Å². The van der Waals surface area contributed by atoms with Gasteiger partial charge in [0.05, 0.1) is 6.33 Å². The van der Waals surface area contributed by atoms with E-state index in [0.29, 0.717) is 0 Å². The number of nitrogen functional groups attached to an aromatic ring is 2. The lowest BCUT2D eigenvalue weighted by Crippen LogP contribution is -2.22. The minimum Gasteiger partial charge on any atom is -0.505 e. The molecule has 6 heterocycles. The molecule has 0 saturated heterocycles. The Balaban J connectivity index is 1.23. The highest BCUT2D eigenvalue weighted by Crippen LogP contribution is 2.51. The van der Waals surface area contributed by atoms with Gasteiger partial charge in [0.25, 0.3) is 0 Å². The third kappa shape index (κ3) is 5.14. The topological polar surface area (TPSA) is 310 Å². The standard InChI is InChI=1S/C20H20N10O12P2/c1-37-20-13(11(32)19(40-20)30-6-28-9-15(22)24-4-26-17(9)30)42-44(35,36)38-2-7-12(41-43(33)34)10(31)18(39-7)29-5-27-8-14(21)23-3-25-16(8)29/h3-6,10,18-20,31H,2H2,1H3,(H6-,21,22,23,24,25,26,32,33,34,35,36)/p+1. The first-order valence-electron chi connectivity index (χ1n) is 12.0. The first-order valence-corrected chi connectivity index (χ1v) is 14.7. The zero-order chi connectivity index (χ0) is 31.3. The zero-order valence-corrected chi connectivity index (χ0v) is 23.8. The summed E-state index contributed by atoms with van der Waals surface area (Å²) in [5, 5.41) is 21.7. The number of phosphoric ester groups is 1. The third-order valence-electron chi connectivity index (χ3n) is 6.29. The molecule has 44 heavy (non-hydrogen) atoms. The van der Waals surface area contributed by atoms with Gasteiger partial charge >= 0.3 is 16.1 Å². The minimum absolute atomic E-state index is 0.0368. The summed E-state index contributed by atoms with van der Waals surface area (Å²) in [5.41, 5.74) is 12.3. The monoisotopic (exact) mass is 655 g/mol. The van der Waals surface area contributed by atoms with Gasteiger partial charge in [-0.25, -0.2) is 39.0 Å². The number of aliphatic hydroxyl groups is 2. The molecule has 0 radical (unpaired) electrons. The SMILES string of the molecule is COC1OC(n2cnc3c(N)ncnc32)C(O)=C1OP(=O)(O)OCC1=C(O[P+](=O)O)C(O)C(n2cnc3c(N)ncnc32)O1. The highest BCUT2D eigenvalue weighted by Gasteiger charge is 2.46. The number of rotatable bonds is 10. The van der Waals surface area contributed by atoms with Crippen LogP contribution >= 0.6 is 16.1 Å². The fourth-order valence-electron chi connectivity index (χ4n) is 4.39. The van der Waals surface area contributed by atoms with Crippen LogP contribution in [0.4, 0.5) is 11.6 Å². The van der Waals surface area contributed by atoms with Crippen LogP contribution in [0.3, 0.4) is 0 Å². The molecule has 232 valence electrons. The van der Waals surface area contributed by atoms with Crippen molar-refractivity contribution in [3.63, 3.8) is 0 Å². The maximum absolute atomic E-state index is 13.0. The number of nitrogens with two attached hydrogens (primary N) is 2. The van der Waals surface area contributed by atoms with E-state index in [4.69, 9.17) is 39.2 Å². The van der Waals surface area contributed by atoms with Gasteiger partial charge in [0.2, 0.25) is 30.3 Å². The number of fused-ring (bicyclic) bond motifs is 2. The number of aromatic nitrogens is 8. The molecule has 0 fully saturated rings. The molecule has 6 atom stereocenters. The predicted molar refractivity (Wildman–Crippen MR) is 141 cm³/mol. The summed E-state index contributed by atoms with van der Waals surface area (Å²) in [6, 6.07) is 0. The van der Waals surface area contributed by atoms with Crippen LogP contribution in [0.15, 0.2) is 48.3 Å². The van der Waals surface area contributed by atoms with Crippen LogP contribution in [0.1, 0.15) is 12.5 Å². The molecule has 22 nitrogen and oxygen atoms in total. The van der Waals surface area contributed by atoms with Crippen LogP contribution in [0.5, 0.6) is 0 Å². The normalized spacial score (nSPS) is 23.8. The lowest BCUT2D eigenvalue weighted by atomic mass is 10.2. The molecular weight excluding hydrogens is 634 g/mol. The highest BCUT2D eigenvalue weighted by molar-refractivity contribution is 7.47. The fraction of sp³-hybridized carbons (Fsp3) is 0.300. The van der Waals surface area contributed by atoms with Crippen molar-refractivity contribution in [2.75, 3.05) is 25.2 Å². The number of ether oxygens (including phenoxy) is 3. The lowest BCUT2D eigenvalue weighted by Gasteiger charge is -2.18. The van der Waals surface area contributed by atoms with Gasteiger partial charge in [-0.05, 0) is 0 Å². The summed E-state index contributed by atoms with van der Waals surface area (Å²) < 4.78 is 58.3. The van der Waals surface area contributed by atoms with E-state index in [0.717, 1.165) is 12.7 Å². The molecule has 4 aromatic heterocycles. The number of aliphatic hydroxyl groups excluding tert-OH is 2. The van der Waals surface area contributed by atoms with Crippen molar-refractivity contribution >= 4 is 50.0 Å². The van der Waals surface area contributed by atoms with Crippen molar-refractivity contribution in [2.24, 2.45) is 0 Å². The fourth-order valence-corrected chi connectivity index (χ4v) is 5.53. The van der Waals surface area contributed by atoms with E-state index in [1.807, 2.05) is 0 Å². The molecule has 0 bridgehead atoms. The van der Waals surface area contributed by atoms with Crippen LogP contribution in [0.25, 0.3) is 22.3 Å². The van der Waals surface area contributed by atoms with E-state index in [9.17, 15) is 29.1 Å². The van der Waals surface area contributed by atoms with Crippen molar-refractivity contribution in [3.05, 3.63) is 48.3 Å². The molecule has 0 spiro atoms. The number of imidazole rings is 2. The Morgan fingerprint density at radius 1 is 1.02 bits per heavy atom. The van der Waals surface area contributed by atoms with Crippen LogP contribution in [-0.2, 0) is 36.9 Å². The molecule has 0 amide bonds. The van der Waals surface area contributed by atoms with Gasteiger partial charge in [0, 0.05) is 11.7 Å². The predicted octanol–water partition coefficient (Wildman–Crippen LogP) is 0.00270. The Kier molecular flexibility index (Phi) is 7.51. The Hall–Kier alpha value is -4.53. The van der Waals surface area contributed by atoms with Crippen molar-refractivity contribution in [3.8, 4) is 0 Å². The second kappa shape index (κ2) is 11.2. The number of methoxy groups -OCH3 is 1. The molecule has 24 heteroatoms. The number of anilines is 2. The van der Waals surface area contributed by atoms with Crippen LogP contribution in [0, 0.1) is 0 Å². The molecule has 6 rings (SSSR count). The maximum atomic E-state index is 13.0. The van der Waals surface area contributed by atoms with Gasteiger partial charge in [0.15, 0.2) is 40.6 Å². The average Bonchev–Trinajstić information content (AvgIpc) is 3.74. The average molecular weight is 655 g/mol. The zero-order valence-electron chi connectivity index (χ0n) is 22.0. The Labute approximate surface area is 244 Å². The maximum Gasteiger partial charge on any atom is 0.747 e. The van der Waals surface area contributed by atoms with Crippen molar-refractivity contribution in [1.82, 2.24) is 39.0 Å². The lowest BCUT2D eigenvalue weighted by molar-refractivity contribution is -0.138. The van der Waals surface area contributed by atoms with E-state index in [-0.39, 0.29) is 34.0 Å². The first kappa shape index (κ1) is 29.5. The van der Waals surface area contributed by atoms with Gasteiger partial charge in [-0.2, -0.15) is 0 Å². The summed E-state index contributed by atoms with van der Waals surface area (Å²) in [4.78, 5) is 43.8. The van der Waals surface area contributed by atoms with Gasteiger partial charge in [0.1, 0.15) is 36.6 Å². The first-order chi connectivity index (χ1) is 21.0. The molecule has 0 aliphatic carbocycles. The van der Waals surface area contributed by atoms with Crippen molar-refractivity contribution < 1.29 is 56.9 Å². The van der Waals surface area contributed by atoms with Gasteiger partial charge in [-0.1, -0.05) is 0 Å². The number of phosphoric acid groups is 1. The number of hydrogen-bond acceptors (Lipinski definition) is 18. The smallest absolute Gasteiger partial charge is 0.505 e. The number of nitrogens with zero attached hydrogens (tertiary/aromatic N) is 8. The second-order valence-corrected chi connectivity index (χ2v) is 10.9. The Bertz CT molecular complexity index is 1900. The van der Waals surface area contributed by atoms with Crippen molar-refractivity contribution in [2.45, 2.75) is 24.8 Å². The second-order valence-electron chi connectivity index (χ2n) is 8.87. The van der Waals surface area contributed by atoms with Gasteiger partial charge in [-0.3, -0.25) is 18.6 Å². The van der Waals surface area contributed by atoms with Crippen molar-refractivity contribution in [1.29, 1.82) is 0 Å². The summed E-state index contributed by atoms with van der Waals surface area (Å²) in [6.45, 7) is -0.929. The Morgan fingerprint density at radius 3 is 2.25 bits per heavy atom. The number of hydrogen-bond donors (Lipinski definition) is 6. The van der Waals surface area contributed by atoms with E-state index < -0.39 is 70.6 Å². The molecule has 6 unspecified atom stereocenters. The third-order valence-corrected chi connectivity index (χ3v) is 7.53. The van der Waals surface area contributed by atoms with Crippen LogP contribution in [0.2, 0.25) is 0 Å². The van der Waals surface area contributed by atoms with E-state index in [1.165, 1.54) is 28.9 Å². The van der Waals surface area contributed by atoms with E-state index in [1.54, 1.807) is 0 Å². The molecule has 0 aromatic carbocycles. The molecular formula is C20H21N10O12P2+. The molecule has 2 aliphatic rings. The van der Waals surface area contributed by atoms with Crippen LogP contribution in [-0.4, -0.2) is 85.1 Å². The Morgan fingerprint density at radius 2 is 1.64 bits per heavy atom. The van der Waals surface area contributed by atoms with Gasteiger partial charge < -0.3 is 40.4 Å². The molecule has 8 N–H and O–H groups in total. The highest BCUT2D eigenvalue weighted by atomic mass is 31.2. The molecule has 2 aliphatic heterocycles. The summed E-state index contributed by atoms with van der Waals surface area (Å²) >= 11 is 0. The largest absolute Gasteiger partial charge is 0.747 e.